The molecule has 1 aliphatic carbocycles. The summed E-state index contributed by atoms with van der Waals surface area (Å²) in [6, 6.07) is 55.9. The summed E-state index contributed by atoms with van der Waals surface area (Å²) in [5.41, 5.74) is 12.3. The molecule has 3 aliphatic rings. The fraction of sp³-hybridized carbons (Fsp3) is 0.0667. The van der Waals surface area contributed by atoms with Crippen molar-refractivity contribution in [1.82, 2.24) is 9.97 Å². The highest BCUT2D eigenvalue weighted by Crippen LogP contribution is 2.63. The Kier molecular flexibility index (Phi) is 6.46. The number of thioether (sulfide) groups is 1. The number of nitrogens with zero attached hydrogens (tertiary/aromatic N) is 2. The van der Waals surface area contributed by atoms with E-state index in [0.717, 1.165) is 51.8 Å². The van der Waals surface area contributed by atoms with E-state index in [9.17, 15) is 0 Å². The van der Waals surface area contributed by atoms with E-state index in [1.807, 2.05) is 36.0 Å². The van der Waals surface area contributed by atoms with E-state index < -0.39 is 5.41 Å². The number of para-hydroxylation sites is 2. The quantitative estimate of drug-likeness (QED) is 0.191. The molecule has 10 rings (SSSR count). The van der Waals surface area contributed by atoms with Crippen molar-refractivity contribution in [1.29, 1.82) is 0 Å². The van der Waals surface area contributed by atoms with Crippen LogP contribution in [0.5, 0.6) is 11.5 Å². The molecule has 0 saturated heterocycles. The number of benzene rings is 6. The highest BCUT2D eigenvalue weighted by Gasteiger charge is 2.51. The lowest BCUT2D eigenvalue weighted by molar-refractivity contribution is 0.435. The van der Waals surface area contributed by atoms with E-state index >= 15 is 0 Å². The molecular formula is C45H30N2OS. The van der Waals surface area contributed by atoms with Crippen LogP contribution in [0.3, 0.4) is 0 Å². The molecule has 2 aliphatic heterocycles. The second-order valence-electron chi connectivity index (χ2n) is 12.8. The van der Waals surface area contributed by atoms with Gasteiger partial charge in [-0.1, -0.05) is 152 Å². The van der Waals surface area contributed by atoms with Crippen molar-refractivity contribution in [3.63, 3.8) is 0 Å². The van der Waals surface area contributed by atoms with Crippen LogP contribution in [0.15, 0.2) is 164 Å². The predicted molar refractivity (Wildman–Crippen MR) is 200 cm³/mol. The molecule has 0 N–H and O–H groups in total. The monoisotopic (exact) mass is 646 g/mol. The first-order valence-corrected chi connectivity index (χ1v) is 17.6. The van der Waals surface area contributed by atoms with Gasteiger partial charge in [0.15, 0.2) is 5.82 Å². The number of rotatable bonds is 4. The average molecular weight is 647 g/mol. The zero-order valence-electron chi connectivity index (χ0n) is 26.6. The molecule has 7 aromatic rings. The minimum atomic E-state index is -0.474. The standard InChI is InChI=1S/C45H30N2OS/c1-3-14-29(15-4-1)38-28-39(47-44(46-38)30-16-5-2-6-17-30)42-27-26-41(49-42)33-20-13-24-37-43(33)48-40-25-12-11-23-36(40)45(37)34-21-9-7-18-31(34)32-19-8-10-22-35(32)45/h1-26,28,42H,27H2. The van der Waals surface area contributed by atoms with Gasteiger partial charge in [-0.15, -0.1) is 11.8 Å². The summed E-state index contributed by atoms with van der Waals surface area (Å²) >= 11 is 1.87. The summed E-state index contributed by atoms with van der Waals surface area (Å²) in [6.07, 6.45) is 3.24. The molecule has 6 aromatic carbocycles. The fourth-order valence-electron chi connectivity index (χ4n) is 7.99. The van der Waals surface area contributed by atoms with Crippen LogP contribution in [0.25, 0.3) is 38.7 Å². The maximum atomic E-state index is 6.95. The van der Waals surface area contributed by atoms with Crippen LogP contribution in [0, 0.1) is 0 Å². The highest BCUT2D eigenvalue weighted by molar-refractivity contribution is 8.08. The summed E-state index contributed by atoms with van der Waals surface area (Å²) < 4.78 is 6.95. The molecule has 49 heavy (non-hydrogen) atoms. The molecule has 1 unspecified atom stereocenters. The number of allylic oxidation sites excluding steroid dienone is 1. The van der Waals surface area contributed by atoms with Crippen LogP contribution in [0.2, 0.25) is 0 Å². The molecular weight excluding hydrogens is 617 g/mol. The molecule has 4 heteroatoms. The van der Waals surface area contributed by atoms with Crippen molar-refractivity contribution in [2.75, 3.05) is 0 Å². The van der Waals surface area contributed by atoms with Crippen molar-refractivity contribution in [2.45, 2.75) is 17.1 Å². The maximum absolute atomic E-state index is 6.95. The highest BCUT2D eigenvalue weighted by atomic mass is 32.2. The van der Waals surface area contributed by atoms with Gasteiger partial charge in [0.25, 0.3) is 0 Å². The van der Waals surface area contributed by atoms with Crippen LogP contribution in [-0.4, -0.2) is 9.97 Å². The molecule has 1 spiro atoms. The molecule has 3 heterocycles. The molecule has 1 atom stereocenters. The normalized spacial score (nSPS) is 16.2. The molecule has 0 radical (unpaired) electrons. The zero-order chi connectivity index (χ0) is 32.4. The Balaban J connectivity index is 1.10. The smallest absolute Gasteiger partial charge is 0.160 e. The number of hydrogen-bond donors (Lipinski definition) is 0. The Bertz CT molecular complexity index is 2330. The van der Waals surface area contributed by atoms with Gasteiger partial charge in [0.2, 0.25) is 0 Å². The van der Waals surface area contributed by atoms with Gasteiger partial charge < -0.3 is 4.74 Å². The van der Waals surface area contributed by atoms with Crippen molar-refractivity contribution >= 4 is 16.7 Å². The molecule has 232 valence electrons. The van der Waals surface area contributed by atoms with Crippen molar-refractivity contribution in [3.05, 3.63) is 197 Å². The van der Waals surface area contributed by atoms with Crippen LogP contribution < -0.4 is 4.74 Å². The lowest BCUT2D eigenvalue weighted by atomic mass is 9.66. The van der Waals surface area contributed by atoms with Gasteiger partial charge in [-0.3, -0.25) is 0 Å². The lowest BCUT2D eigenvalue weighted by Gasteiger charge is -2.40. The first-order valence-electron chi connectivity index (χ1n) is 16.8. The third-order valence-corrected chi connectivity index (χ3v) is 11.5. The summed E-state index contributed by atoms with van der Waals surface area (Å²) in [5, 5.41) is 0.150. The van der Waals surface area contributed by atoms with Gasteiger partial charge in [0, 0.05) is 32.7 Å². The summed E-state index contributed by atoms with van der Waals surface area (Å²) in [4.78, 5) is 11.4. The summed E-state index contributed by atoms with van der Waals surface area (Å²) in [6.45, 7) is 0. The number of fused-ring (bicyclic) bond motifs is 9. The van der Waals surface area contributed by atoms with E-state index in [1.54, 1.807) is 0 Å². The summed E-state index contributed by atoms with van der Waals surface area (Å²) in [7, 11) is 0. The van der Waals surface area contributed by atoms with Crippen LogP contribution in [0.4, 0.5) is 0 Å². The van der Waals surface area contributed by atoms with E-state index in [2.05, 4.69) is 140 Å². The Hall–Kier alpha value is -5.71. The van der Waals surface area contributed by atoms with Gasteiger partial charge in [-0.25, -0.2) is 9.97 Å². The molecule has 0 saturated carbocycles. The Morgan fingerprint density at radius 2 is 1.14 bits per heavy atom. The van der Waals surface area contributed by atoms with Crippen LogP contribution in [-0.2, 0) is 5.41 Å². The van der Waals surface area contributed by atoms with Gasteiger partial charge in [0.05, 0.1) is 22.1 Å². The van der Waals surface area contributed by atoms with E-state index in [1.165, 1.54) is 38.3 Å². The topological polar surface area (TPSA) is 35.0 Å². The SMILES string of the molecule is C1=C(c2cccc3c2Oc2ccccc2C32c3ccccc3-c3ccccc32)SC(c2cc(-c3ccccc3)nc(-c3ccccc3)n2)C1. The van der Waals surface area contributed by atoms with Gasteiger partial charge in [-0.05, 0) is 40.8 Å². The van der Waals surface area contributed by atoms with Crippen LogP contribution >= 0.6 is 11.8 Å². The largest absolute Gasteiger partial charge is 0.456 e. The number of ether oxygens (including phenoxy) is 1. The van der Waals surface area contributed by atoms with E-state index in [4.69, 9.17) is 14.7 Å². The number of aromatic nitrogens is 2. The minimum Gasteiger partial charge on any atom is -0.456 e. The van der Waals surface area contributed by atoms with Gasteiger partial charge >= 0.3 is 0 Å². The Morgan fingerprint density at radius 3 is 1.88 bits per heavy atom. The second-order valence-corrected chi connectivity index (χ2v) is 14.0. The minimum absolute atomic E-state index is 0.150. The maximum Gasteiger partial charge on any atom is 0.160 e. The second kappa shape index (κ2) is 11.2. The Morgan fingerprint density at radius 1 is 0.551 bits per heavy atom. The van der Waals surface area contributed by atoms with Gasteiger partial charge in [-0.2, -0.15) is 0 Å². The molecule has 1 aromatic heterocycles. The summed E-state index contributed by atoms with van der Waals surface area (Å²) in [5.74, 6) is 2.60. The van der Waals surface area contributed by atoms with Crippen LogP contribution in [0.1, 0.15) is 45.2 Å². The first kappa shape index (κ1) is 28.3. The van der Waals surface area contributed by atoms with E-state index in [-0.39, 0.29) is 5.25 Å². The molecule has 0 fully saturated rings. The van der Waals surface area contributed by atoms with Crippen molar-refractivity contribution < 1.29 is 4.74 Å². The Labute approximate surface area is 290 Å². The zero-order valence-corrected chi connectivity index (χ0v) is 27.4. The predicted octanol–water partition coefficient (Wildman–Crippen LogP) is 11.5. The van der Waals surface area contributed by atoms with Crippen molar-refractivity contribution in [2.24, 2.45) is 0 Å². The average Bonchev–Trinajstić information content (AvgIpc) is 3.78. The third kappa shape index (κ3) is 4.30. The molecule has 3 nitrogen and oxygen atoms in total. The molecule has 0 bridgehead atoms. The van der Waals surface area contributed by atoms with E-state index in [0.29, 0.717) is 0 Å². The first-order chi connectivity index (χ1) is 24.3. The third-order valence-electron chi connectivity index (χ3n) is 10.1. The lowest BCUT2D eigenvalue weighted by Crippen LogP contribution is -2.32. The fourth-order valence-corrected chi connectivity index (χ4v) is 9.22. The van der Waals surface area contributed by atoms with Gasteiger partial charge in [0.1, 0.15) is 11.5 Å². The molecule has 0 amide bonds. The van der Waals surface area contributed by atoms with Crippen molar-refractivity contribution in [3.8, 4) is 45.3 Å². The number of hydrogen-bond acceptors (Lipinski definition) is 4.